The fraction of sp³-hybridized carbons (Fsp3) is 0.827. The Bertz CT molecular complexity index is 1800. The molecule has 7 nitrogen and oxygen atoms in total. The van der Waals surface area contributed by atoms with Gasteiger partial charge in [-0.15, -0.1) is 0 Å². The molecule has 0 bridgehead atoms. The minimum atomic E-state index is -0.500. The van der Waals surface area contributed by atoms with Crippen molar-refractivity contribution < 1.29 is 23.9 Å². The normalized spacial score (nSPS) is 44.1. The molecule has 8 aliphatic rings. The summed E-state index contributed by atoms with van der Waals surface area (Å²) in [5.41, 5.74) is 1.21. The van der Waals surface area contributed by atoms with Gasteiger partial charge in [0.25, 0.3) is 0 Å². The highest BCUT2D eigenvalue weighted by atomic mass is 16.5. The number of rotatable bonds is 8. The highest BCUT2D eigenvalue weighted by molar-refractivity contribution is 5.84. The lowest BCUT2D eigenvalue weighted by Gasteiger charge is -2.73. The maximum atomic E-state index is 15.1. The third-order valence-electron chi connectivity index (χ3n) is 21.2. The van der Waals surface area contributed by atoms with Crippen molar-refractivity contribution >= 4 is 17.8 Å². The molecule has 1 aromatic carbocycles. The SMILES string of the molecule is CCN1CCN(C(=O)[C@]23CCC(C4(C)CC4)[C@@H]2[C@H]2CC[C@@H]4[C@@]5(C)CC[C@H](OC(=O)[C@H]6C[C@@H](C(=O)OCc7ccccc7)C6(C)C)C(C)(C)[C@@H]5CC[C@@]4(C)[C@]2(C)CC3)CC1. The van der Waals surface area contributed by atoms with Crippen LogP contribution in [0.3, 0.4) is 0 Å². The van der Waals surface area contributed by atoms with Crippen LogP contribution in [0.2, 0.25) is 0 Å². The summed E-state index contributed by atoms with van der Waals surface area (Å²) in [5, 5.41) is 0. The molecule has 7 aliphatic carbocycles. The van der Waals surface area contributed by atoms with Gasteiger partial charge >= 0.3 is 11.9 Å². The first-order valence-electron chi connectivity index (χ1n) is 24.3. The molecule has 1 saturated heterocycles. The zero-order valence-corrected chi connectivity index (χ0v) is 38.4. The minimum Gasteiger partial charge on any atom is -0.462 e. The van der Waals surface area contributed by atoms with E-state index in [1.807, 2.05) is 44.2 Å². The summed E-state index contributed by atoms with van der Waals surface area (Å²) in [6.45, 7) is 27.0. The lowest BCUT2D eigenvalue weighted by atomic mass is 9.32. The summed E-state index contributed by atoms with van der Waals surface area (Å²) >= 11 is 0. The van der Waals surface area contributed by atoms with Gasteiger partial charge in [-0.2, -0.15) is 0 Å². The van der Waals surface area contributed by atoms with E-state index in [-0.39, 0.29) is 63.6 Å². The molecule has 7 heteroatoms. The monoisotopic (exact) mass is 811 g/mol. The molecular weight excluding hydrogens is 733 g/mol. The van der Waals surface area contributed by atoms with Gasteiger partial charge in [-0.05, 0) is 152 Å². The number of piperazine rings is 1. The highest BCUT2D eigenvalue weighted by Gasteiger charge is 2.74. The van der Waals surface area contributed by atoms with Crippen molar-refractivity contribution in [2.75, 3.05) is 32.7 Å². The Balaban J connectivity index is 0.903. The largest absolute Gasteiger partial charge is 0.462 e. The summed E-state index contributed by atoms with van der Waals surface area (Å²) in [5.74, 6) is 2.51. The number of ether oxygens (including phenoxy) is 2. The number of likely N-dealkylation sites (N-methyl/N-ethyl adjacent to an activating group) is 1. The molecule has 7 saturated carbocycles. The third-order valence-corrected chi connectivity index (χ3v) is 21.2. The van der Waals surface area contributed by atoms with Crippen molar-refractivity contribution in [3.05, 3.63) is 35.9 Å². The van der Waals surface area contributed by atoms with E-state index in [1.165, 1.54) is 51.4 Å². The van der Waals surface area contributed by atoms with E-state index >= 15 is 4.79 Å². The molecule has 0 radical (unpaired) electrons. The molecule has 1 aromatic rings. The van der Waals surface area contributed by atoms with Gasteiger partial charge in [0.15, 0.2) is 0 Å². The lowest BCUT2D eigenvalue weighted by molar-refractivity contribution is -0.253. The minimum absolute atomic E-state index is 0.122. The van der Waals surface area contributed by atoms with Gasteiger partial charge in [-0.3, -0.25) is 14.4 Å². The van der Waals surface area contributed by atoms with E-state index in [0.717, 1.165) is 64.0 Å². The molecule has 8 fully saturated rings. The summed E-state index contributed by atoms with van der Waals surface area (Å²) in [6, 6.07) is 9.80. The Labute approximate surface area is 356 Å². The molecule has 0 spiro atoms. The van der Waals surface area contributed by atoms with Crippen molar-refractivity contribution in [3.63, 3.8) is 0 Å². The average Bonchev–Trinajstić information content (AvgIpc) is 3.82. The van der Waals surface area contributed by atoms with Crippen LogP contribution in [0.5, 0.6) is 0 Å². The molecule has 1 unspecified atom stereocenters. The van der Waals surface area contributed by atoms with Crippen LogP contribution in [-0.4, -0.2) is 66.5 Å². The Kier molecular flexibility index (Phi) is 10.2. The van der Waals surface area contributed by atoms with Gasteiger partial charge in [0.05, 0.1) is 17.3 Å². The average molecular weight is 811 g/mol. The van der Waals surface area contributed by atoms with Gasteiger partial charge in [0.2, 0.25) is 5.91 Å². The Morgan fingerprint density at radius 3 is 2.02 bits per heavy atom. The number of nitrogens with zero attached hydrogens (tertiary/aromatic N) is 2. The van der Waals surface area contributed by atoms with Crippen LogP contribution in [0.4, 0.5) is 0 Å². The zero-order chi connectivity index (χ0) is 42.0. The number of hydrogen-bond acceptors (Lipinski definition) is 6. The van der Waals surface area contributed by atoms with Gasteiger partial charge in [0, 0.05) is 31.6 Å². The van der Waals surface area contributed by atoms with Gasteiger partial charge in [-0.25, -0.2) is 0 Å². The quantitative estimate of drug-likeness (QED) is 0.244. The van der Waals surface area contributed by atoms with Crippen molar-refractivity contribution in [1.82, 2.24) is 9.80 Å². The number of amides is 1. The van der Waals surface area contributed by atoms with E-state index in [1.54, 1.807) is 0 Å². The zero-order valence-electron chi connectivity index (χ0n) is 38.4. The molecule has 326 valence electrons. The second-order valence-electron chi connectivity index (χ2n) is 23.9. The predicted molar refractivity (Wildman–Crippen MR) is 232 cm³/mol. The smallest absolute Gasteiger partial charge is 0.309 e. The molecular formula is C52H78N2O5. The molecule has 0 aromatic heterocycles. The predicted octanol–water partition coefficient (Wildman–Crippen LogP) is 10.3. The van der Waals surface area contributed by atoms with E-state index in [9.17, 15) is 9.59 Å². The molecule has 12 atom stereocenters. The first-order valence-corrected chi connectivity index (χ1v) is 24.3. The van der Waals surface area contributed by atoms with E-state index in [2.05, 4.69) is 58.3 Å². The fourth-order valence-electron chi connectivity index (χ4n) is 16.9. The number of carbonyl (C=O) groups is 3. The van der Waals surface area contributed by atoms with E-state index in [4.69, 9.17) is 9.47 Å². The molecule has 1 heterocycles. The third kappa shape index (κ3) is 6.19. The van der Waals surface area contributed by atoms with E-state index < -0.39 is 5.41 Å². The first kappa shape index (κ1) is 41.9. The Hall–Kier alpha value is -2.41. The van der Waals surface area contributed by atoms with Crippen molar-refractivity contribution in [2.24, 2.45) is 79.3 Å². The maximum Gasteiger partial charge on any atom is 0.309 e. The van der Waals surface area contributed by atoms with Crippen LogP contribution >= 0.6 is 0 Å². The maximum absolute atomic E-state index is 15.1. The van der Waals surface area contributed by atoms with Gasteiger partial charge in [-0.1, -0.05) is 92.6 Å². The molecule has 9 rings (SSSR count). The fourth-order valence-corrected chi connectivity index (χ4v) is 16.9. The van der Waals surface area contributed by atoms with Crippen LogP contribution in [0.1, 0.15) is 151 Å². The Morgan fingerprint density at radius 1 is 0.661 bits per heavy atom. The number of carbonyl (C=O) groups excluding carboxylic acids is 3. The topological polar surface area (TPSA) is 76.2 Å². The standard InChI is InChI=1S/C52H78N2O5/c1-10-53-28-30-54(31-29-53)45(57)52-23-18-35(48(6)24-25-48)42(52)36-16-17-40-49(7)21-20-41(47(4,5)39(49)19-22-51(40,9)50(36,8)26-27-52)59-44(56)38-32-37(46(38,2)3)43(55)58-33-34-14-12-11-13-15-34/h11-15,35-42H,10,16-33H2,1-9H3/t35?,36-,37+,38-,39+,40-,41+,42-,49+,50-,51-,52+/m1/s1. The van der Waals surface area contributed by atoms with Crippen LogP contribution in [-0.2, 0) is 30.5 Å². The van der Waals surface area contributed by atoms with Gasteiger partial charge < -0.3 is 19.3 Å². The van der Waals surface area contributed by atoms with Gasteiger partial charge in [0.1, 0.15) is 12.7 Å². The van der Waals surface area contributed by atoms with Crippen LogP contribution < -0.4 is 0 Å². The van der Waals surface area contributed by atoms with Crippen LogP contribution in [0.25, 0.3) is 0 Å². The molecule has 59 heavy (non-hydrogen) atoms. The van der Waals surface area contributed by atoms with Crippen molar-refractivity contribution in [3.8, 4) is 0 Å². The highest BCUT2D eigenvalue weighted by Crippen LogP contribution is 2.79. The van der Waals surface area contributed by atoms with Crippen LogP contribution in [0, 0.1) is 79.3 Å². The number of benzene rings is 1. The second-order valence-corrected chi connectivity index (χ2v) is 23.9. The Morgan fingerprint density at radius 2 is 1.36 bits per heavy atom. The van der Waals surface area contributed by atoms with E-state index in [0.29, 0.717) is 47.3 Å². The number of fused-ring (bicyclic) bond motifs is 7. The number of hydrogen-bond donors (Lipinski definition) is 0. The molecule has 1 aliphatic heterocycles. The van der Waals surface area contributed by atoms with Crippen molar-refractivity contribution in [2.45, 2.75) is 158 Å². The first-order chi connectivity index (χ1) is 27.9. The van der Waals surface area contributed by atoms with Crippen molar-refractivity contribution in [1.29, 1.82) is 0 Å². The summed E-state index contributed by atoms with van der Waals surface area (Å²) in [4.78, 5) is 47.1. The second kappa shape index (κ2) is 14.3. The summed E-state index contributed by atoms with van der Waals surface area (Å²) in [7, 11) is 0. The van der Waals surface area contributed by atoms with Crippen LogP contribution in [0.15, 0.2) is 30.3 Å². The summed E-state index contributed by atoms with van der Waals surface area (Å²) < 4.78 is 12.3. The number of esters is 2. The lowest BCUT2D eigenvalue weighted by Crippen LogP contribution is -2.68. The molecule has 0 N–H and O–H groups in total. The summed E-state index contributed by atoms with van der Waals surface area (Å²) in [6.07, 6.45) is 14.6. The molecule has 1 amide bonds.